The van der Waals surface area contributed by atoms with Crippen LogP contribution in [0, 0.1) is 0 Å². The zero-order chi connectivity index (χ0) is 22.1. The van der Waals surface area contributed by atoms with Gasteiger partial charge in [0.25, 0.3) is 0 Å². The van der Waals surface area contributed by atoms with Crippen LogP contribution in [0.4, 0.5) is 19.0 Å². The monoisotopic (exact) mass is 439 g/mol. The lowest BCUT2D eigenvalue weighted by atomic mass is 10.2. The van der Waals surface area contributed by atoms with E-state index in [4.69, 9.17) is 4.74 Å². The van der Waals surface area contributed by atoms with E-state index in [0.717, 1.165) is 24.0 Å². The Morgan fingerprint density at radius 2 is 1.78 bits per heavy atom. The fourth-order valence-electron chi connectivity index (χ4n) is 3.38. The van der Waals surface area contributed by atoms with Crippen molar-refractivity contribution in [1.82, 2.24) is 19.5 Å². The summed E-state index contributed by atoms with van der Waals surface area (Å²) in [5.74, 6) is -0.365. The normalized spacial score (nSPS) is 14.0. The number of rotatable bonds is 7. The summed E-state index contributed by atoms with van der Waals surface area (Å²) in [5, 5.41) is 3.04. The molecule has 1 N–H and O–H groups in total. The SMILES string of the molecule is FC(F)(F)c1nc(NC2CC2)c2ncn(Cc3cccc(OCc4ccccc4)c3)c2n1. The first-order valence-corrected chi connectivity index (χ1v) is 10.3. The Bertz CT molecular complexity index is 1240. The third-order valence-corrected chi connectivity index (χ3v) is 5.14. The molecule has 0 spiro atoms. The van der Waals surface area contributed by atoms with Gasteiger partial charge in [-0.3, -0.25) is 0 Å². The van der Waals surface area contributed by atoms with Gasteiger partial charge in [-0.1, -0.05) is 42.5 Å². The quantitative estimate of drug-likeness (QED) is 0.437. The van der Waals surface area contributed by atoms with Crippen molar-refractivity contribution in [3.8, 4) is 5.75 Å². The average Bonchev–Trinajstić information content (AvgIpc) is 3.51. The van der Waals surface area contributed by atoms with Crippen LogP contribution >= 0.6 is 0 Å². The van der Waals surface area contributed by atoms with E-state index < -0.39 is 12.0 Å². The third-order valence-electron chi connectivity index (χ3n) is 5.14. The predicted molar refractivity (Wildman–Crippen MR) is 113 cm³/mol. The molecule has 0 amide bonds. The maximum Gasteiger partial charge on any atom is 0.451 e. The fourth-order valence-corrected chi connectivity index (χ4v) is 3.38. The molecule has 2 aromatic heterocycles. The lowest BCUT2D eigenvalue weighted by molar-refractivity contribution is -0.144. The van der Waals surface area contributed by atoms with Gasteiger partial charge in [0.1, 0.15) is 17.9 Å². The number of halogens is 3. The number of hydrogen-bond donors (Lipinski definition) is 1. The third kappa shape index (κ3) is 4.51. The van der Waals surface area contributed by atoms with Crippen molar-refractivity contribution < 1.29 is 17.9 Å². The van der Waals surface area contributed by atoms with Gasteiger partial charge in [0, 0.05) is 6.04 Å². The smallest absolute Gasteiger partial charge is 0.451 e. The van der Waals surface area contributed by atoms with E-state index in [2.05, 4.69) is 20.3 Å². The van der Waals surface area contributed by atoms with Crippen LogP contribution < -0.4 is 10.1 Å². The topological polar surface area (TPSA) is 64.9 Å². The van der Waals surface area contributed by atoms with Gasteiger partial charge in [-0.05, 0) is 36.1 Å². The number of hydrogen-bond acceptors (Lipinski definition) is 5. The van der Waals surface area contributed by atoms with Crippen LogP contribution in [-0.4, -0.2) is 25.6 Å². The molecular weight excluding hydrogens is 419 g/mol. The average molecular weight is 439 g/mol. The van der Waals surface area contributed by atoms with Crippen molar-refractivity contribution in [1.29, 1.82) is 0 Å². The Balaban J connectivity index is 1.41. The van der Waals surface area contributed by atoms with Gasteiger partial charge in [-0.2, -0.15) is 13.2 Å². The molecule has 0 saturated heterocycles. The van der Waals surface area contributed by atoms with E-state index >= 15 is 0 Å². The minimum atomic E-state index is -4.64. The highest BCUT2D eigenvalue weighted by Gasteiger charge is 2.37. The number of benzene rings is 2. The van der Waals surface area contributed by atoms with Crippen LogP contribution in [0.5, 0.6) is 5.75 Å². The van der Waals surface area contributed by atoms with Crippen LogP contribution in [-0.2, 0) is 19.3 Å². The number of anilines is 1. The highest BCUT2D eigenvalue weighted by molar-refractivity contribution is 5.83. The summed E-state index contributed by atoms with van der Waals surface area (Å²) in [6.07, 6.45) is -1.34. The van der Waals surface area contributed by atoms with E-state index in [1.807, 2.05) is 54.6 Å². The lowest BCUT2D eigenvalue weighted by Gasteiger charge is -2.11. The summed E-state index contributed by atoms with van der Waals surface area (Å²) in [5.41, 5.74) is 2.39. The van der Waals surface area contributed by atoms with E-state index in [1.165, 1.54) is 6.33 Å². The predicted octanol–water partition coefficient (Wildman–Crippen LogP) is 5.05. The standard InChI is InChI=1S/C23H20F3N5O/c24-23(25,26)22-29-20(28-17-9-10-17)19-21(30-22)31(14-27-19)12-16-7-4-8-18(11-16)32-13-15-5-2-1-3-6-15/h1-8,11,14,17H,9-10,12-13H2,(H,28,29,30). The molecule has 0 radical (unpaired) electrons. The number of nitrogens with zero attached hydrogens (tertiary/aromatic N) is 4. The molecule has 32 heavy (non-hydrogen) atoms. The molecule has 5 rings (SSSR count). The molecule has 1 saturated carbocycles. The zero-order valence-corrected chi connectivity index (χ0v) is 17.0. The number of fused-ring (bicyclic) bond motifs is 1. The molecule has 9 heteroatoms. The van der Waals surface area contributed by atoms with Gasteiger partial charge in [-0.25, -0.2) is 15.0 Å². The van der Waals surface area contributed by atoms with Crippen molar-refractivity contribution in [2.75, 3.05) is 5.32 Å². The van der Waals surface area contributed by atoms with Gasteiger partial charge in [0.2, 0.25) is 5.82 Å². The molecule has 2 heterocycles. The van der Waals surface area contributed by atoms with Crippen molar-refractivity contribution in [2.45, 2.75) is 38.2 Å². The van der Waals surface area contributed by atoms with E-state index in [1.54, 1.807) is 4.57 Å². The molecular formula is C23H20F3N5O. The van der Waals surface area contributed by atoms with Crippen LogP contribution in [0.1, 0.15) is 29.8 Å². The van der Waals surface area contributed by atoms with Crippen LogP contribution in [0.2, 0.25) is 0 Å². The molecule has 6 nitrogen and oxygen atoms in total. The molecule has 164 valence electrons. The number of imidazole rings is 1. The Morgan fingerprint density at radius 1 is 1.00 bits per heavy atom. The second kappa shape index (κ2) is 8.14. The Hall–Kier alpha value is -3.62. The second-order valence-corrected chi connectivity index (χ2v) is 7.78. The summed E-state index contributed by atoms with van der Waals surface area (Å²) in [7, 11) is 0. The Kier molecular flexibility index (Phi) is 5.16. The van der Waals surface area contributed by atoms with Crippen LogP contribution in [0.25, 0.3) is 11.2 Å². The molecule has 0 unspecified atom stereocenters. The molecule has 1 aliphatic rings. The van der Waals surface area contributed by atoms with Crippen molar-refractivity contribution in [2.24, 2.45) is 0 Å². The Morgan fingerprint density at radius 3 is 2.53 bits per heavy atom. The van der Waals surface area contributed by atoms with Gasteiger partial charge in [0.05, 0.1) is 12.9 Å². The second-order valence-electron chi connectivity index (χ2n) is 7.78. The molecule has 2 aromatic carbocycles. The van der Waals surface area contributed by atoms with Gasteiger partial charge < -0.3 is 14.6 Å². The largest absolute Gasteiger partial charge is 0.489 e. The minimum absolute atomic E-state index is 0.128. The summed E-state index contributed by atoms with van der Waals surface area (Å²) < 4.78 is 47.6. The van der Waals surface area contributed by atoms with Gasteiger partial charge in [-0.15, -0.1) is 0 Å². The fraction of sp³-hybridized carbons (Fsp3) is 0.261. The van der Waals surface area contributed by atoms with E-state index in [0.29, 0.717) is 24.4 Å². The number of nitrogens with one attached hydrogen (secondary N) is 1. The summed E-state index contributed by atoms with van der Waals surface area (Å²) in [6.45, 7) is 0.729. The number of alkyl halides is 3. The first-order chi connectivity index (χ1) is 15.5. The van der Waals surface area contributed by atoms with Gasteiger partial charge in [0.15, 0.2) is 11.5 Å². The minimum Gasteiger partial charge on any atom is -0.489 e. The van der Waals surface area contributed by atoms with E-state index in [-0.39, 0.29) is 17.5 Å². The molecule has 0 atom stereocenters. The number of ether oxygens (including phenoxy) is 1. The molecule has 0 bridgehead atoms. The van der Waals surface area contributed by atoms with Crippen LogP contribution in [0.15, 0.2) is 60.9 Å². The highest BCUT2D eigenvalue weighted by atomic mass is 19.4. The van der Waals surface area contributed by atoms with E-state index in [9.17, 15) is 13.2 Å². The maximum atomic E-state index is 13.4. The summed E-state index contributed by atoms with van der Waals surface area (Å²) in [6, 6.07) is 17.4. The van der Waals surface area contributed by atoms with Crippen molar-refractivity contribution >= 4 is 17.0 Å². The number of aromatic nitrogens is 4. The first kappa shape index (κ1) is 20.3. The Labute approximate surface area is 182 Å². The molecule has 1 aliphatic carbocycles. The maximum absolute atomic E-state index is 13.4. The van der Waals surface area contributed by atoms with Gasteiger partial charge >= 0.3 is 6.18 Å². The highest BCUT2D eigenvalue weighted by Crippen LogP contribution is 2.32. The van der Waals surface area contributed by atoms with Crippen molar-refractivity contribution in [3.63, 3.8) is 0 Å². The zero-order valence-electron chi connectivity index (χ0n) is 17.0. The lowest BCUT2D eigenvalue weighted by Crippen LogP contribution is -2.15. The molecule has 4 aromatic rings. The first-order valence-electron chi connectivity index (χ1n) is 10.3. The summed E-state index contributed by atoms with van der Waals surface area (Å²) in [4.78, 5) is 11.8. The molecule has 0 aliphatic heterocycles. The van der Waals surface area contributed by atoms with Crippen molar-refractivity contribution in [3.05, 3.63) is 77.9 Å². The van der Waals surface area contributed by atoms with Crippen LogP contribution in [0.3, 0.4) is 0 Å². The summed E-state index contributed by atoms with van der Waals surface area (Å²) >= 11 is 0. The molecule has 1 fully saturated rings.